The van der Waals surface area contributed by atoms with E-state index >= 15 is 0 Å². The molecule has 6 heteroatoms. The maximum absolute atomic E-state index is 11.3. The third-order valence-corrected chi connectivity index (χ3v) is 2.88. The van der Waals surface area contributed by atoms with E-state index in [1.807, 2.05) is 6.92 Å². The molecule has 2 N–H and O–H groups in total. The minimum absolute atomic E-state index is 0.00407. The highest BCUT2D eigenvalue weighted by molar-refractivity contribution is 5.95. The third-order valence-electron chi connectivity index (χ3n) is 2.88. The summed E-state index contributed by atoms with van der Waals surface area (Å²) in [6.07, 6.45) is 1.95. The van der Waals surface area contributed by atoms with Gasteiger partial charge in [-0.2, -0.15) is 0 Å². The van der Waals surface area contributed by atoms with Crippen LogP contribution in [-0.4, -0.2) is 17.4 Å². The van der Waals surface area contributed by atoms with Crippen LogP contribution in [-0.2, 0) is 11.2 Å². The number of rotatable bonds is 4. The van der Waals surface area contributed by atoms with Gasteiger partial charge >= 0.3 is 0 Å². The predicted octanol–water partition coefficient (Wildman–Crippen LogP) is 2.30. The van der Waals surface area contributed by atoms with E-state index in [4.69, 9.17) is 0 Å². The molecule has 0 bridgehead atoms. The van der Waals surface area contributed by atoms with E-state index in [1.165, 1.54) is 6.07 Å². The highest BCUT2D eigenvalue weighted by Crippen LogP contribution is 2.34. The van der Waals surface area contributed by atoms with Crippen molar-refractivity contribution in [1.82, 2.24) is 0 Å². The van der Waals surface area contributed by atoms with E-state index in [9.17, 15) is 14.9 Å². The van der Waals surface area contributed by atoms with Crippen LogP contribution in [0.5, 0.6) is 0 Å². The van der Waals surface area contributed by atoms with Gasteiger partial charge in [-0.05, 0) is 24.5 Å². The second-order valence-corrected chi connectivity index (χ2v) is 4.26. The topological polar surface area (TPSA) is 84.3 Å². The van der Waals surface area contributed by atoms with Crippen molar-refractivity contribution in [2.45, 2.75) is 26.2 Å². The van der Waals surface area contributed by atoms with E-state index in [0.717, 1.165) is 12.0 Å². The number of nitro benzene ring substituents is 1. The van der Waals surface area contributed by atoms with Gasteiger partial charge in [-0.3, -0.25) is 14.9 Å². The predicted molar refractivity (Wildman–Crippen MR) is 68.8 cm³/mol. The first-order chi connectivity index (χ1) is 8.61. The maximum atomic E-state index is 11.3. The van der Waals surface area contributed by atoms with Crippen LogP contribution in [0, 0.1) is 10.1 Å². The zero-order valence-corrected chi connectivity index (χ0v) is 10.2. The molecule has 1 heterocycles. The summed E-state index contributed by atoms with van der Waals surface area (Å²) >= 11 is 0. The fourth-order valence-corrected chi connectivity index (χ4v) is 1.97. The van der Waals surface area contributed by atoms with Crippen molar-refractivity contribution in [2.75, 3.05) is 17.2 Å². The molecule has 2 rings (SSSR count). The van der Waals surface area contributed by atoms with Crippen LogP contribution in [0.2, 0.25) is 0 Å². The van der Waals surface area contributed by atoms with Crippen molar-refractivity contribution in [3.8, 4) is 0 Å². The quantitative estimate of drug-likeness (QED) is 0.633. The molecule has 0 spiro atoms. The van der Waals surface area contributed by atoms with E-state index in [-0.39, 0.29) is 11.6 Å². The maximum Gasteiger partial charge on any atom is 0.294 e. The van der Waals surface area contributed by atoms with Crippen LogP contribution in [0.25, 0.3) is 0 Å². The van der Waals surface area contributed by atoms with Gasteiger partial charge < -0.3 is 10.6 Å². The summed E-state index contributed by atoms with van der Waals surface area (Å²) < 4.78 is 0. The molecule has 0 saturated carbocycles. The third kappa shape index (κ3) is 2.42. The van der Waals surface area contributed by atoms with Gasteiger partial charge in [-0.25, -0.2) is 0 Å². The number of anilines is 2. The van der Waals surface area contributed by atoms with Gasteiger partial charge in [0.05, 0.1) is 10.6 Å². The van der Waals surface area contributed by atoms with Gasteiger partial charge in [0.1, 0.15) is 5.69 Å². The molecule has 18 heavy (non-hydrogen) atoms. The number of nitrogens with one attached hydrogen (secondary N) is 2. The normalized spacial score (nSPS) is 13.7. The Bertz CT molecular complexity index is 500. The number of hydrogen-bond acceptors (Lipinski definition) is 4. The molecule has 1 aromatic rings. The van der Waals surface area contributed by atoms with Gasteiger partial charge in [0.25, 0.3) is 5.69 Å². The van der Waals surface area contributed by atoms with Crippen LogP contribution >= 0.6 is 0 Å². The fraction of sp³-hybridized carbons (Fsp3) is 0.417. The Morgan fingerprint density at radius 2 is 2.22 bits per heavy atom. The molecule has 0 aromatic heterocycles. The largest absolute Gasteiger partial charge is 0.379 e. The Hall–Kier alpha value is -2.11. The van der Waals surface area contributed by atoms with Crippen molar-refractivity contribution < 1.29 is 9.72 Å². The molecule has 1 amide bonds. The first-order valence-electron chi connectivity index (χ1n) is 5.97. The first-order valence-corrected chi connectivity index (χ1v) is 5.97. The molecule has 0 radical (unpaired) electrons. The Morgan fingerprint density at radius 1 is 1.44 bits per heavy atom. The summed E-state index contributed by atoms with van der Waals surface area (Å²) in [4.78, 5) is 21.8. The Balaban J connectivity index is 2.40. The van der Waals surface area contributed by atoms with E-state index in [2.05, 4.69) is 10.6 Å². The second-order valence-electron chi connectivity index (χ2n) is 4.26. The molecule has 6 nitrogen and oxygen atoms in total. The molecule has 0 atom stereocenters. The molecule has 1 aliphatic rings. The van der Waals surface area contributed by atoms with Crippen LogP contribution in [0.15, 0.2) is 12.1 Å². The fourth-order valence-electron chi connectivity index (χ4n) is 1.97. The summed E-state index contributed by atoms with van der Waals surface area (Å²) in [5.74, 6) is -0.0916. The van der Waals surface area contributed by atoms with E-state index in [0.29, 0.717) is 30.8 Å². The summed E-state index contributed by atoms with van der Waals surface area (Å²) in [6.45, 7) is 2.68. The monoisotopic (exact) mass is 249 g/mol. The molecular formula is C12H15N3O3. The lowest BCUT2D eigenvalue weighted by atomic mass is 10.0. The number of aryl methyl sites for hydroxylation is 1. The molecule has 0 fully saturated rings. The molecule has 1 aromatic carbocycles. The van der Waals surface area contributed by atoms with Gasteiger partial charge in [0, 0.05) is 19.0 Å². The van der Waals surface area contributed by atoms with Crippen molar-refractivity contribution in [2.24, 2.45) is 0 Å². The standard InChI is InChI=1S/C12H15N3O3/c1-2-5-13-10-6-8-3-4-12(16)14-9(8)7-11(10)15(17)18/h6-7,13H,2-5H2,1H3,(H,14,16). The number of amides is 1. The SMILES string of the molecule is CCCNc1cc2c(cc1[N+](=O)[O-])NC(=O)CC2. The summed E-state index contributed by atoms with van der Waals surface area (Å²) in [5, 5.41) is 16.7. The van der Waals surface area contributed by atoms with Gasteiger partial charge in [-0.1, -0.05) is 6.92 Å². The highest BCUT2D eigenvalue weighted by Gasteiger charge is 2.22. The average molecular weight is 249 g/mol. The van der Waals surface area contributed by atoms with Gasteiger partial charge in [0.2, 0.25) is 5.91 Å². The van der Waals surface area contributed by atoms with Crippen molar-refractivity contribution >= 4 is 23.0 Å². The Labute approximate surface area is 105 Å². The first kappa shape index (κ1) is 12.3. The molecule has 0 unspecified atom stereocenters. The van der Waals surface area contributed by atoms with Crippen LogP contribution in [0.4, 0.5) is 17.1 Å². The van der Waals surface area contributed by atoms with Crippen LogP contribution < -0.4 is 10.6 Å². The average Bonchev–Trinajstić information content (AvgIpc) is 2.35. The van der Waals surface area contributed by atoms with Crippen molar-refractivity contribution in [3.05, 3.63) is 27.8 Å². The van der Waals surface area contributed by atoms with E-state index in [1.54, 1.807) is 6.07 Å². The van der Waals surface area contributed by atoms with E-state index < -0.39 is 4.92 Å². The summed E-state index contributed by atoms with van der Waals surface area (Å²) in [6, 6.07) is 3.20. The lowest BCUT2D eigenvalue weighted by molar-refractivity contribution is -0.383. The number of nitrogens with zero attached hydrogens (tertiary/aromatic N) is 1. The molecule has 1 aliphatic heterocycles. The van der Waals surface area contributed by atoms with Gasteiger partial charge in [-0.15, -0.1) is 0 Å². The zero-order valence-electron chi connectivity index (χ0n) is 10.2. The summed E-state index contributed by atoms with van der Waals surface area (Å²) in [7, 11) is 0. The molecule has 96 valence electrons. The number of carbonyl (C=O) groups is 1. The Morgan fingerprint density at radius 3 is 2.89 bits per heavy atom. The summed E-state index contributed by atoms with van der Waals surface area (Å²) in [5.41, 5.74) is 2.03. The van der Waals surface area contributed by atoms with Gasteiger partial charge in [0.15, 0.2) is 0 Å². The lowest BCUT2D eigenvalue weighted by Gasteiger charge is -2.18. The Kier molecular flexibility index (Phi) is 3.45. The van der Waals surface area contributed by atoms with Crippen molar-refractivity contribution in [3.63, 3.8) is 0 Å². The molecule has 0 aliphatic carbocycles. The number of hydrogen-bond donors (Lipinski definition) is 2. The minimum Gasteiger partial charge on any atom is -0.379 e. The smallest absolute Gasteiger partial charge is 0.294 e. The lowest BCUT2D eigenvalue weighted by Crippen LogP contribution is -2.19. The minimum atomic E-state index is -0.432. The highest BCUT2D eigenvalue weighted by atomic mass is 16.6. The number of benzene rings is 1. The molecular weight excluding hydrogens is 234 g/mol. The second kappa shape index (κ2) is 5.03. The number of carbonyl (C=O) groups excluding carboxylic acids is 1. The zero-order chi connectivity index (χ0) is 13.1. The van der Waals surface area contributed by atoms with Crippen LogP contribution in [0.1, 0.15) is 25.3 Å². The molecule has 0 saturated heterocycles. The van der Waals surface area contributed by atoms with Crippen LogP contribution in [0.3, 0.4) is 0 Å². The van der Waals surface area contributed by atoms with Crippen molar-refractivity contribution in [1.29, 1.82) is 0 Å². The number of fused-ring (bicyclic) bond motifs is 1. The number of nitro groups is 1.